The maximum absolute atomic E-state index is 12.1. The zero-order valence-electron chi connectivity index (χ0n) is 17.8. The number of carbonyl (C=O) groups excluding carboxylic acids is 2. The number of anilines is 1. The number of amides is 1. The van der Waals surface area contributed by atoms with E-state index in [0.29, 0.717) is 23.8 Å². The lowest BCUT2D eigenvalue weighted by Gasteiger charge is -2.00. The summed E-state index contributed by atoms with van der Waals surface area (Å²) in [5.41, 5.74) is 1.65. The lowest BCUT2D eigenvalue weighted by Crippen LogP contribution is -2.14. The molecule has 4 rings (SSSR count). The number of nitrogens with zero attached hydrogens (tertiary/aromatic N) is 7. The Morgan fingerprint density at radius 3 is 2.33 bits per heavy atom. The quantitative estimate of drug-likeness (QED) is 0.393. The largest absolute Gasteiger partial charge is 0.300 e. The minimum absolute atomic E-state index is 0.0479. The van der Waals surface area contributed by atoms with E-state index in [1.807, 2.05) is 30.3 Å². The number of aromatic nitrogens is 4. The number of unbranched alkanes of at least 4 members (excludes halogenated alkanes) is 1. The van der Waals surface area contributed by atoms with Gasteiger partial charge < -0.3 is 5.32 Å². The molecule has 2 aromatic heterocycles. The van der Waals surface area contributed by atoms with Crippen LogP contribution in [0.25, 0.3) is 0 Å². The summed E-state index contributed by atoms with van der Waals surface area (Å²) in [5, 5.41) is 33.5. The predicted molar refractivity (Wildman–Crippen MR) is 126 cm³/mol. The van der Waals surface area contributed by atoms with E-state index in [1.165, 1.54) is 22.7 Å². The monoisotopic (exact) mass is 482 g/mol. The summed E-state index contributed by atoms with van der Waals surface area (Å²) >= 11 is 2.88. The number of benzene rings is 1. The van der Waals surface area contributed by atoms with Crippen molar-refractivity contribution < 1.29 is 9.59 Å². The Hall–Kier alpha value is -3.25. The van der Waals surface area contributed by atoms with Crippen molar-refractivity contribution in [2.45, 2.75) is 44.9 Å². The van der Waals surface area contributed by atoms with Crippen molar-refractivity contribution in [1.82, 2.24) is 20.4 Å². The van der Waals surface area contributed by atoms with Gasteiger partial charge in [0.15, 0.2) is 0 Å². The number of nitrogens with one attached hydrogen (secondary N) is 1. The molecule has 10 nitrogen and oxygen atoms in total. The summed E-state index contributed by atoms with van der Waals surface area (Å²) in [6.07, 6.45) is 4.28. The molecule has 0 bridgehead atoms. The molecular weight excluding hydrogens is 460 g/mol. The van der Waals surface area contributed by atoms with Crippen molar-refractivity contribution in [2.24, 2.45) is 15.4 Å². The summed E-state index contributed by atoms with van der Waals surface area (Å²) in [6.45, 7) is 0.406. The molecule has 0 spiro atoms. The smallest absolute Gasteiger partial charge is 0.230 e. The Kier molecular flexibility index (Phi) is 8.04. The van der Waals surface area contributed by atoms with E-state index in [2.05, 4.69) is 41.2 Å². The second-order valence-corrected chi connectivity index (χ2v) is 9.66. The van der Waals surface area contributed by atoms with E-state index in [4.69, 9.17) is 0 Å². The summed E-state index contributed by atoms with van der Waals surface area (Å²) in [5.74, 6) is -0.0534. The number of aryl methyl sites for hydroxylation is 2. The molecule has 12 heteroatoms. The number of hydrogen-bond acceptors (Lipinski definition) is 11. The molecular formula is C21H22N8O2S2. The predicted octanol–water partition coefficient (Wildman–Crippen LogP) is 3.46. The van der Waals surface area contributed by atoms with Crippen LogP contribution in [0.1, 0.15) is 39.8 Å². The second-order valence-electron chi connectivity index (χ2n) is 7.46. The zero-order valence-corrected chi connectivity index (χ0v) is 19.4. The van der Waals surface area contributed by atoms with Crippen molar-refractivity contribution in [3.8, 4) is 0 Å². The second kappa shape index (κ2) is 11.6. The van der Waals surface area contributed by atoms with Crippen LogP contribution >= 0.6 is 22.7 Å². The van der Waals surface area contributed by atoms with Gasteiger partial charge in [-0.1, -0.05) is 41.7 Å². The Balaban J connectivity index is 1.14. The Bertz CT molecular complexity index is 1160. The van der Waals surface area contributed by atoms with E-state index < -0.39 is 0 Å². The molecule has 0 fully saturated rings. The zero-order chi connectivity index (χ0) is 22.9. The molecule has 1 aliphatic rings. The number of carbonyl (C=O) groups is 2. The van der Waals surface area contributed by atoms with Gasteiger partial charge in [-0.3, -0.25) is 9.59 Å². The van der Waals surface area contributed by atoms with Crippen molar-refractivity contribution in [1.29, 1.82) is 0 Å². The molecule has 0 radical (unpaired) electrons. The van der Waals surface area contributed by atoms with Crippen molar-refractivity contribution >= 4 is 45.2 Å². The van der Waals surface area contributed by atoms with E-state index in [1.54, 1.807) is 0 Å². The molecule has 0 unspecified atom stereocenters. The lowest BCUT2D eigenvalue weighted by atomic mass is 10.1. The SMILES string of the molecule is O=C(CC1=NN=NC1)Cc1nnc(CCCCc2nnc(NC(=O)Cc3ccccc3)s2)s1. The van der Waals surface area contributed by atoms with Crippen LogP contribution in [0.4, 0.5) is 5.13 Å². The average Bonchev–Trinajstić information content (AvgIpc) is 3.55. The third-order valence-corrected chi connectivity index (χ3v) is 6.59. The number of hydrogen-bond donors (Lipinski definition) is 1. The summed E-state index contributed by atoms with van der Waals surface area (Å²) in [4.78, 5) is 24.2. The van der Waals surface area contributed by atoms with Crippen molar-refractivity contribution in [3.63, 3.8) is 0 Å². The first kappa shape index (κ1) is 22.9. The molecule has 1 aromatic carbocycles. The molecule has 3 heterocycles. The van der Waals surface area contributed by atoms with Gasteiger partial charge in [0.25, 0.3) is 0 Å². The van der Waals surface area contributed by atoms with Crippen LogP contribution < -0.4 is 5.32 Å². The van der Waals surface area contributed by atoms with Gasteiger partial charge in [-0.15, -0.1) is 36.8 Å². The summed E-state index contributed by atoms with van der Waals surface area (Å²) < 4.78 is 0. The van der Waals surface area contributed by atoms with Gasteiger partial charge in [-0.2, -0.15) is 5.11 Å². The standard InChI is InChI=1S/C21H22N8O2S2/c30-16(11-15-13-22-29-24-15)12-20-27-25-18(32-20)8-4-5-9-19-26-28-21(33-19)23-17(31)10-14-6-2-1-3-7-14/h1-3,6-7H,4-5,8-13H2,(H,23,28,31). The molecule has 170 valence electrons. The van der Waals surface area contributed by atoms with Gasteiger partial charge in [-0.25, -0.2) is 0 Å². The Morgan fingerprint density at radius 1 is 0.848 bits per heavy atom. The van der Waals surface area contributed by atoms with Gasteiger partial charge in [-0.05, 0) is 23.6 Å². The first-order chi connectivity index (χ1) is 16.1. The van der Waals surface area contributed by atoms with Crippen molar-refractivity contribution in [2.75, 3.05) is 11.9 Å². The highest BCUT2D eigenvalue weighted by atomic mass is 32.1. The molecule has 0 saturated heterocycles. The topological polar surface area (TPSA) is 135 Å². The molecule has 0 saturated carbocycles. The maximum atomic E-state index is 12.1. The average molecular weight is 483 g/mol. The summed E-state index contributed by atoms with van der Waals surface area (Å²) in [6, 6.07) is 9.58. The van der Waals surface area contributed by atoms with Crippen LogP contribution in [0.2, 0.25) is 0 Å². The normalized spacial score (nSPS) is 12.7. The number of rotatable bonds is 12. The Labute approximate surface area is 198 Å². The van der Waals surface area contributed by atoms with Crippen LogP contribution in [-0.4, -0.2) is 44.3 Å². The third-order valence-electron chi connectivity index (χ3n) is 4.71. The molecule has 33 heavy (non-hydrogen) atoms. The molecule has 1 amide bonds. The minimum Gasteiger partial charge on any atom is -0.300 e. The van der Waals surface area contributed by atoms with Crippen molar-refractivity contribution in [3.05, 3.63) is 50.9 Å². The molecule has 1 aliphatic heterocycles. The van der Waals surface area contributed by atoms with Gasteiger partial charge >= 0.3 is 0 Å². The van der Waals surface area contributed by atoms with Gasteiger partial charge in [0, 0.05) is 19.3 Å². The fraction of sp³-hybridized carbons (Fsp3) is 0.381. The van der Waals surface area contributed by atoms with E-state index in [0.717, 1.165) is 46.3 Å². The highest BCUT2D eigenvalue weighted by Gasteiger charge is 2.14. The molecule has 0 atom stereocenters. The van der Waals surface area contributed by atoms with Gasteiger partial charge in [0.05, 0.1) is 18.6 Å². The lowest BCUT2D eigenvalue weighted by molar-refractivity contribution is -0.117. The van der Waals surface area contributed by atoms with Crippen LogP contribution in [0, 0.1) is 0 Å². The highest BCUT2D eigenvalue weighted by Crippen LogP contribution is 2.19. The van der Waals surface area contributed by atoms with Gasteiger partial charge in [0.1, 0.15) is 27.4 Å². The van der Waals surface area contributed by atoms with Crippen LogP contribution in [0.3, 0.4) is 0 Å². The summed E-state index contributed by atoms with van der Waals surface area (Å²) in [7, 11) is 0. The van der Waals surface area contributed by atoms with Crippen LogP contribution in [0.5, 0.6) is 0 Å². The fourth-order valence-corrected chi connectivity index (χ4v) is 4.87. The molecule has 0 aliphatic carbocycles. The fourth-order valence-electron chi connectivity index (χ4n) is 3.15. The van der Waals surface area contributed by atoms with Crippen LogP contribution in [0.15, 0.2) is 45.8 Å². The minimum atomic E-state index is -0.101. The van der Waals surface area contributed by atoms with E-state index in [9.17, 15) is 9.59 Å². The highest BCUT2D eigenvalue weighted by molar-refractivity contribution is 7.15. The maximum Gasteiger partial charge on any atom is 0.230 e. The Morgan fingerprint density at radius 2 is 1.58 bits per heavy atom. The first-order valence-corrected chi connectivity index (χ1v) is 12.2. The van der Waals surface area contributed by atoms with E-state index >= 15 is 0 Å². The van der Waals surface area contributed by atoms with Gasteiger partial charge in [0.2, 0.25) is 11.0 Å². The number of Topliss-reactive ketones (excluding diaryl/α,β-unsaturated/α-hetero) is 1. The third kappa shape index (κ3) is 7.39. The first-order valence-electron chi connectivity index (χ1n) is 10.6. The van der Waals surface area contributed by atoms with E-state index in [-0.39, 0.29) is 24.5 Å². The molecule has 3 aromatic rings. The van der Waals surface area contributed by atoms with Crippen LogP contribution in [-0.2, 0) is 35.3 Å². The number of ketones is 1. The molecule has 1 N–H and O–H groups in total.